The fraction of sp³-hybridized carbons (Fsp3) is 1.00. The van der Waals surface area contributed by atoms with E-state index in [1.165, 1.54) is 32.1 Å². The van der Waals surface area contributed by atoms with E-state index in [0.29, 0.717) is 0 Å². The monoisotopic (exact) mass is 288 g/mol. The Morgan fingerprint density at radius 1 is 1.00 bits per heavy atom. The molecule has 0 aromatic heterocycles. The Labute approximate surface area is 84.2 Å². The zero-order chi connectivity index (χ0) is 8.53. The van der Waals surface area contributed by atoms with E-state index >= 15 is 0 Å². The Balaban J connectivity index is 3.07. The number of hydrogen-bond donors (Lipinski definition) is 0. The summed E-state index contributed by atoms with van der Waals surface area (Å²) >= 11 is 1.84. The first-order valence-electron chi connectivity index (χ1n) is 4.40. The predicted octanol–water partition coefficient (Wildman–Crippen LogP) is 3.21. The Kier molecular flexibility index (Phi) is 9.99. The van der Waals surface area contributed by atoms with Crippen LogP contribution in [-0.4, -0.2) is 29.9 Å². The van der Waals surface area contributed by atoms with Crippen molar-refractivity contribution in [2.24, 2.45) is 0 Å². The normalized spacial score (nSPS) is 10.9. The van der Waals surface area contributed by atoms with Gasteiger partial charge in [-0.3, -0.25) is 0 Å². The molecule has 0 spiro atoms. The third-order valence-electron chi connectivity index (χ3n) is 1.82. The van der Waals surface area contributed by atoms with E-state index < -0.39 is 0 Å². The van der Waals surface area contributed by atoms with Gasteiger partial charge >= 0.3 is 84.3 Å². The molecule has 0 radical (unpaired) electrons. The molecule has 0 aromatic carbocycles. The van der Waals surface area contributed by atoms with Crippen LogP contribution in [0.1, 0.15) is 39.0 Å². The molecule has 2 heteroatoms. The first-order valence-corrected chi connectivity index (χ1v) is 9.81. The van der Waals surface area contributed by atoms with Crippen molar-refractivity contribution >= 4 is 29.9 Å². The number of hydrogen-bond acceptors (Lipinski definition) is 0. The molecule has 0 atom stereocenters. The second kappa shape index (κ2) is 9.13. The summed E-state index contributed by atoms with van der Waals surface area (Å²) in [4.78, 5) is 0. The molecule has 0 aliphatic heterocycles. The molecule has 0 heterocycles. The average molecular weight is 286 g/mol. The fourth-order valence-electron chi connectivity index (χ4n) is 1.07. The van der Waals surface area contributed by atoms with Crippen LogP contribution in [0.25, 0.3) is 0 Å². The maximum absolute atomic E-state index is 2.39. The van der Waals surface area contributed by atoms with Crippen molar-refractivity contribution in [3.05, 3.63) is 0 Å². The summed E-state index contributed by atoms with van der Waals surface area (Å²) in [6.07, 6.45) is 7.30. The van der Waals surface area contributed by atoms with Crippen molar-refractivity contribution in [3.8, 4) is 0 Å². The van der Waals surface area contributed by atoms with Gasteiger partial charge < -0.3 is 0 Å². The summed E-state index contributed by atoms with van der Waals surface area (Å²) in [5.41, 5.74) is 0. The first-order chi connectivity index (χ1) is 5.35. The molecule has 0 bridgehead atoms. The molecule has 0 aliphatic carbocycles. The minimum absolute atomic E-state index is 0.918. The Hall–Kier alpha value is 1.04. The standard InChI is InChI=1S/C9H20Se2/c1-4-5-6-7-8-9(10-2)11-3/h9H,4-8H2,1-3H3. The van der Waals surface area contributed by atoms with Crippen LogP contribution < -0.4 is 0 Å². The van der Waals surface area contributed by atoms with E-state index in [1.54, 1.807) is 0 Å². The third kappa shape index (κ3) is 7.40. The molecule has 68 valence electrons. The van der Waals surface area contributed by atoms with E-state index in [4.69, 9.17) is 0 Å². The molecule has 0 unspecified atom stereocenters. The zero-order valence-corrected chi connectivity index (χ0v) is 11.4. The Morgan fingerprint density at radius 2 is 1.64 bits per heavy atom. The van der Waals surface area contributed by atoms with Gasteiger partial charge in [0.05, 0.1) is 0 Å². The van der Waals surface area contributed by atoms with Crippen LogP contribution in [0, 0.1) is 0 Å². The van der Waals surface area contributed by atoms with Gasteiger partial charge in [0.15, 0.2) is 0 Å². The third-order valence-corrected chi connectivity index (χ3v) is 9.21. The molecule has 11 heavy (non-hydrogen) atoms. The van der Waals surface area contributed by atoms with Crippen molar-refractivity contribution < 1.29 is 0 Å². The van der Waals surface area contributed by atoms with Crippen LogP contribution >= 0.6 is 0 Å². The van der Waals surface area contributed by atoms with Crippen LogP contribution in [-0.2, 0) is 0 Å². The maximum atomic E-state index is 2.39. The molecule has 0 nitrogen and oxygen atoms in total. The van der Waals surface area contributed by atoms with Crippen molar-refractivity contribution in [1.82, 2.24) is 0 Å². The van der Waals surface area contributed by atoms with E-state index in [-0.39, 0.29) is 0 Å². The van der Waals surface area contributed by atoms with Crippen LogP contribution in [0.4, 0.5) is 0 Å². The van der Waals surface area contributed by atoms with Crippen molar-refractivity contribution in [2.75, 3.05) is 0 Å². The van der Waals surface area contributed by atoms with Crippen LogP contribution in [0.3, 0.4) is 0 Å². The molecule has 0 aromatic rings. The quantitative estimate of drug-likeness (QED) is 0.498. The summed E-state index contributed by atoms with van der Waals surface area (Å²) in [7, 11) is 0. The van der Waals surface area contributed by atoms with Gasteiger partial charge in [-0.1, -0.05) is 0 Å². The zero-order valence-electron chi connectivity index (χ0n) is 7.93. The summed E-state index contributed by atoms with van der Waals surface area (Å²) in [6.45, 7) is 2.28. The summed E-state index contributed by atoms with van der Waals surface area (Å²) < 4.78 is 1.13. The van der Waals surface area contributed by atoms with Gasteiger partial charge in [0.25, 0.3) is 0 Å². The molecule has 0 fully saturated rings. The predicted molar refractivity (Wildman–Crippen MR) is 55.7 cm³/mol. The molecule has 0 aliphatic rings. The van der Waals surface area contributed by atoms with Crippen LogP contribution in [0.5, 0.6) is 0 Å². The molecule has 0 amide bonds. The van der Waals surface area contributed by atoms with Gasteiger partial charge in [0.2, 0.25) is 0 Å². The molecular weight excluding hydrogens is 266 g/mol. The van der Waals surface area contributed by atoms with Gasteiger partial charge in [0, 0.05) is 0 Å². The van der Waals surface area contributed by atoms with Crippen molar-refractivity contribution in [3.63, 3.8) is 0 Å². The van der Waals surface area contributed by atoms with Gasteiger partial charge in [-0.2, -0.15) is 0 Å². The molecule has 0 N–H and O–H groups in total. The molecule has 0 rings (SSSR count). The second-order valence-electron chi connectivity index (χ2n) is 2.75. The molecule has 0 saturated heterocycles. The van der Waals surface area contributed by atoms with Crippen LogP contribution in [0.15, 0.2) is 0 Å². The topological polar surface area (TPSA) is 0 Å². The SMILES string of the molecule is CCCCCCC([Se]C)[Se]C. The van der Waals surface area contributed by atoms with Gasteiger partial charge in [0.1, 0.15) is 0 Å². The van der Waals surface area contributed by atoms with Crippen LogP contribution in [0.2, 0.25) is 15.4 Å². The summed E-state index contributed by atoms with van der Waals surface area (Å²) in [5, 5.41) is 0. The van der Waals surface area contributed by atoms with E-state index in [9.17, 15) is 0 Å². The minimum atomic E-state index is 0.918. The Morgan fingerprint density at radius 3 is 2.09 bits per heavy atom. The van der Waals surface area contributed by atoms with Gasteiger partial charge in [-0.25, -0.2) is 0 Å². The second-order valence-corrected chi connectivity index (χ2v) is 8.63. The van der Waals surface area contributed by atoms with Gasteiger partial charge in [-0.15, -0.1) is 0 Å². The van der Waals surface area contributed by atoms with Crippen molar-refractivity contribution in [1.29, 1.82) is 0 Å². The van der Waals surface area contributed by atoms with Crippen molar-refractivity contribution in [2.45, 2.75) is 54.4 Å². The molecule has 0 saturated carbocycles. The molecular formula is C9H20Se2. The van der Waals surface area contributed by atoms with E-state index in [2.05, 4.69) is 18.6 Å². The van der Waals surface area contributed by atoms with E-state index in [1.807, 2.05) is 0 Å². The van der Waals surface area contributed by atoms with E-state index in [0.717, 1.165) is 33.6 Å². The summed E-state index contributed by atoms with van der Waals surface area (Å²) in [6, 6.07) is 0. The number of rotatable bonds is 7. The Bertz CT molecular complexity index is 70.0. The fourth-order valence-corrected chi connectivity index (χ4v) is 5.26. The number of unbranched alkanes of at least 4 members (excludes halogenated alkanes) is 3. The average Bonchev–Trinajstić information content (AvgIpc) is 2.05. The summed E-state index contributed by atoms with van der Waals surface area (Å²) in [5.74, 6) is 4.78. The van der Waals surface area contributed by atoms with Gasteiger partial charge in [-0.05, 0) is 0 Å². The first kappa shape index (κ1) is 12.0.